The van der Waals surface area contributed by atoms with E-state index in [-0.39, 0.29) is 0 Å². The highest BCUT2D eigenvalue weighted by molar-refractivity contribution is 7.10. The lowest BCUT2D eigenvalue weighted by Crippen LogP contribution is -2.35. The zero-order chi connectivity index (χ0) is 12.8. The van der Waals surface area contributed by atoms with Gasteiger partial charge in [-0.05, 0) is 51.3 Å². The van der Waals surface area contributed by atoms with Gasteiger partial charge >= 0.3 is 0 Å². The molecule has 1 rings (SSSR count). The molecule has 0 aliphatic heterocycles. The summed E-state index contributed by atoms with van der Waals surface area (Å²) in [4.78, 5) is 3.70. The fourth-order valence-electron chi connectivity index (χ4n) is 1.91. The Morgan fingerprint density at radius 3 is 2.47 bits per heavy atom. The molecular weight excluding hydrogens is 228 g/mol. The first-order valence-electron chi connectivity index (χ1n) is 6.45. The highest BCUT2D eigenvalue weighted by Crippen LogP contribution is 2.26. The molecule has 1 heterocycles. The smallest absolute Gasteiger partial charge is 0.0440 e. The Kier molecular flexibility index (Phi) is 6.17. The van der Waals surface area contributed by atoms with Gasteiger partial charge in [-0.2, -0.15) is 0 Å². The topological polar surface area (TPSA) is 15.3 Å². The van der Waals surface area contributed by atoms with Crippen molar-refractivity contribution in [3.63, 3.8) is 0 Å². The average Bonchev–Trinajstić information content (AvgIpc) is 2.75. The van der Waals surface area contributed by atoms with Crippen molar-refractivity contribution in [3.05, 3.63) is 22.4 Å². The Balaban J connectivity index is 2.50. The molecule has 0 spiro atoms. The third kappa shape index (κ3) is 5.19. The molecule has 3 heteroatoms. The fraction of sp³-hybridized carbons (Fsp3) is 0.714. The number of nitrogens with zero attached hydrogens (tertiary/aromatic N) is 1. The molecular formula is C14H26N2S. The van der Waals surface area contributed by atoms with Gasteiger partial charge in [-0.15, -0.1) is 11.3 Å². The van der Waals surface area contributed by atoms with E-state index in [4.69, 9.17) is 0 Å². The van der Waals surface area contributed by atoms with Crippen LogP contribution >= 0.6 is 11.3 Å². The summed E-state index contributed by atoms with van der Waals surface area (Å²) in [5.74, 6) is 0.635. The molecule has 1 aromatic heterocycles. The van der Waals surface area contributed by atoms with Gasteiger partial charge in [-0.25, -0.2) is 0 Å². The van der Waals surface area contributed by atoms with Gasteiger partial charge in [0.2, 0.25) is 0 Å². The number of thiophene rings is 1. The summed E-state index contributed by atoms with van der Waals surface area (Å²) in [6, 6.07) is 5.43. The van der Waals surface area contributed by atoms with Crippen molar-refractivity contribution in [3.8, 4) is 0 Å². The second-order valence-electron chi connectivity index (χ2n) is 5.40. The molecule has 0 saturated heterocycles. The summed E-state index contributed by atoms with van der Waals surface area (Å²) in [7, 11) is 4.26. The molecule has 2 unspecified atom stereocenters. The highest BCUT2D eigenvalue weighted by Gasteiger charge is 2.18. The molecule has 1 aromatic rings. The maximum atomic E-state index is 3.76. The normalized spacial score (nSPS) is 15.5. The average molecular weight is 254 g/mol. The molecule has 0 aliphatic carbocycles. The van der Waals surface area contributed by atoms with Crippen LogP contribution in [0.2, 0.25) is 0 Å². The van der Waals surface area contributed by atoms with Gasteiger partial charge < -0.3 is 10.2 Å². The standard InChI is InChI=1S/C14H26N2S/c1-11(2)14(13-7-6-10-17-13)15-12(3)8-9-16(4)5/h6-7,10-12,14-15H,8-9H2,1-5H3. The Morgan fingerprint density at radius 2 is 2.00 bits per heavy atom. The molecule has 1 N–H and O–H groups in total. The predicted octanol–water partition coefficient (Wildman–Crippen LogP) is 3.38. The Hall–Kier alpha value is -0.380. The molecule has 17 heavy (non-hydrogen) atoms. The molecule has 0 aromatic carbocycles. The second kappa shape index (κ2) is 7.14. The maximum absolute atomic E-state index is 3.76. The number of nitrogens with one attached hydrogen (secondary N) is 1. The second-order valence-corrected chi connectivity index (χ2v) is 6.38. The third-order valence-electron chi connectivity index (χ3n) is 2.99. The van der Waals surface area contributed by atoms with Crippen molar-refractivity contribution in [2.24, 2.45) is 5.92 Å². The van der Waals surface area contributed by atoms with Crippen LogP contribution in [0.15, 0.2) is 17.5 Å². The molecule has 2 nitrogen and oxygen atoms in total. The number of rotatable bonds is 7. The van der Waals surface area contributed by atoms with E-state index in [2.05, 4.69) is 62.6 Å². The Labute approximate surface area is 110 Å². The van der Waals surface area contributed by atoms with Crippen molar-refractivity contribution < 1.29 is 0 Å². The van der Waals surface area contributed by atoms with Gasteiger partial charge in [-0.1, -0.05) is 19.9 Å². The SMILES string of the molecule is CC(CCN(C)C)NC(c1cccs1)C(C)C. The van der Waals surface area contributed by atoms with Crippen LogP contribution in [0.25, 0.3) is 0 Å². The maximum Gasteiger partial charge on any atom is 0.0440 e. The minimum Gasteiger partial charge on any atom is -0.309 e. The van der Waals surface area contributed by atoms with Crippen molar-refractivity contribution in [1.29, 1.82) is 0 Å². The molecule has 0 radical (unpaired) electrons. The summed E-state index contributed by atoms with van der Waals surface area (Å²) < 4.78 is 0. The van der Waals surface area contributed by atoms with Crippen molar-refractivity contribution in [2.75, 3.05) is 20.6 Å². The minimum atomic E-state index is 0.493. The summed E-state index contributed by atoms with van der Waals surface area (Å²) >= 11 is 1.85. The van der Waals surface area contributed by atoms with Gasteiger partial charge in [0.05, 0.1) is 0 Å². The first kappa shape index (κ1) is 14.7. The summed E-state index contributed by atoms with van der Waals surface area (Å²) in [5.41, 5.74) is 0. The summed E-state index contributed by atoms with van der Waals surface area (Å²) in [6.07, 6.45) is 1.20. The van der Waals surface area contributed by atoms with E-state index in [1.54, 1.807) is 0 Å². The van der Waals surface area contributed by atoms with Crippen molar-refractivity contribution >= 4 is 11.3 Å². The lowest BCUT2D eigenvalue weighted by Gasteiger charge is -2.26. The van der Waals surface area contributed by atoms with E-state index < -0.39 is 0 Å². The Bertz CT molecular complexity index is 293. The van der Waals surface area contributed by atoms with Crippen LogP contribution in [0.5, 0.6) is 0 Å². The van der Waals surface area contributed by atoms with Crippen molar-refractivity contribution in [2.45, 2.75) is 39.3 Å². The highest BCUT2D eigenvalue weighted by atomic mass is 32.1. The lowest BCUT2D eigenvalue weighted by atomic mass is 10.0. The molecule has 2 atom stereocenters. The fourth-order valence-corrected chi connectivity index (χ4v) is 2.87. The monoisotopic (exact) mass is 254 g/mol. The molecule has 0 aliphatic rings. The van der Waals surface area contributed by atoms with Gasteiger partial charge in [0.25, 0.3) is 0 Å². The van der Waals surface area contributed by atoms with Crippen LogP contribution in [0, 0.1) is 5.92 Å². The van der Waals surface area contributed by atoms with Gasteiger partial charge in [-0.3, -0.25) is 0 Å². The van der Waals surface area contributed by atoms with Crippen LogP contribution in [0.1, 0.15) is 38.1 Å². The van der Waals surface area contributed by atoms with E-state index in [0.29, 0.717) is 18.0 Å². The molecule has 0 fully saturated rings. The molecule has 0 bridgehead atoms. The van der Waals surface area contributed by atoms with Crippen LogP contribution in [-0.4, -0.2) is 31.6 Å². The first-order chi connectivity index (χ1) is 8.00. The van der Waals surface area contributed by atoms with Crippen molar-refractivity contribution in [1.82, 2.24) is 10.2 Å². The molecule has 0 amide bonds. The van der Waals surface area contributed by atoms with Crippen LogP contribution < -0.4 is 5.32 Å². The predicted molar refractivity (Wildman–Crippen MR) is 77.7 cm³/mol. The van der Waals surface area contributed by atoms with Crippen LogP contribution in [0.4, 0.5) is 0 Å². The number of hydrogen-bond acceptors (Lipinski definition) is 3. The summed E-state index contributed by atoms with van der Waals surface area (Å²) in [5, 5.41) is 5.92. The van der Waals surface area contributed by atoms with Gasteiger partial charge in [0, 0.05) is 17.0 Å². The Morgan fingerprint density at radius 1 is 1.29 bits per heavy atom. The summed E-state index contributed by atoms with van der Waals surface area (Å²) in [6.45, 7) is 8.00. The van der Waals surface area contributed by atoms with Gasteiger partial charge in [0.1, 0.15) is 0 Å². The van der Waals surface area contributed by atoms with E-state index in [0.717, 1.165) is 6.54 Å². The number of hydrogen-bond donors (Lipinski definition) is 1. The zero-order valence-electron chi connectivity index (χ0n) is 11.7. The van der Waals surface area contributed by atoms with E-state index in [1.807, 2.05) is 11.3 Å². The van der Waals surface area contributed by atoms with Crippen LogP contribution in [0.3, 0.4) is 0 Å². The lowest BCUT2D eigenvalue weighted by molar-refractivity contribution is 0.324. The molecule has 98 valence electrons. The first-order valence-corrected chi connectivity index (χ1v) is 7.33. The van der Waals surface area contributed by atoms with E-state index in [1.165, 1.54) is 11.3 Å². The van der Waals surface area contributed by atoms with Gasteiger partial charge in [0.15, 0.2) is 0 Å². The van der Waals surface area contributed by atoms with E-state index in [9.17, 15) is 0 Å². The largest absolute Gasteiger partial charge is 0.309 e. The molecule has 0 saturated carbocycles. The minimum absolute atomic E-state index is 0.493. The quantitative estimate of drug-likeness (QED) is 0.802. The third-order valence-corrected chi connectivity index (χ3v) is 3.95. The van der Waals surface area contributed by atoms with E-state index >= 15 is 0 Å². The zero-order valence-corrected chi connectivity index (χ0v) is 12.6. The van der Waals surface area contributed by atoms with Crippen LogP contribution in [-0.2, 0) is 0 Å².